The summed E-state index contributed by atoms with van der Waals surface area (Å²) in [6, 6.07) is 2.86. The third kappa shape index (κ3) is 3.57. The predicted molar refractivity (Wildman–Crippen MR) is 92.1 cm³/mol. The lowest BCUT2D eigenvalue weighted by atomic mass is 10.0. The number of imidazole rings is 1. The molecule has 8 heteroatoms. The standard InChI is InChI=1S/C17H20ClN3O4/c1-3-25-16-4-10(11(18)5-15(16)24-2)7-21-8-13-12(19-9-20-13)6-14(21)17(22)23/h4-5,9,14H,3,6-8H2,1-2H3,(H,19,20)(H,22,23)/t14-/m0/s1. The average molecular weight is 366 g/mol. The number of aliphatic carboxylic acids is 1. The molecule has 7 nitrogen and oxygen atoms in total. The molecule has 0 saturated carbocycles. The van der Waals surface area contributed by atoms with Crippen molar-refractivity contribution < 1.29 is 19.4 Å². The van der Waals surface area contributed by atoms with E-state index in [1.807, 2.05) is 17.9 Å². The van der Waals surface area contributed by atoms with Gasteiger partial charge in [-0.2, -0.15) is 0 Å². The van der Waals surface area contributed by atoms with E-state index in [1.165, 1.54) is 0 Å². The number of H-pyrrole nitrogens is 1. The first-order chi connectivity index (χ1) is 12.0. The quantitative estimate of drug-likeness (QED) is 0.817. The van der Waals surface area contributed by atoms with Crippen LogP contribution < -0.4 is 9.47 Å². The lowest BCUT2D eigenvalue weighted by Crippen LogP contribution is -2.45. The van der Waals surface area contributed by atoms with Gasteiger partial charge in [0.1, 0.15) is 6.04 Å². The zero-order valence-corrected chi connectivity index (χ0v) is 14.8. The van der Waals surface area contributed by atoms with Crippen LogP contribution in [0.3, 0.4) is 0 Å². The van der Waals surface area contributed by atoms with Crippen molar-refractivity contribution in [3.8, 4) is 11.5 Å². The van der Waals surface area contributed by atoms with Gasteiger partial charge in [0, 0.05) is 30.6 Å². The fraction of sp³-hybridized carbons (Fsp3) is 0.412. The molecule has 0 aliphatic carbocycles. The molecule has 1 aliphatic heterocycles. The van der Waals surface area contributed by atoms with Gasteiger partial charge in [0.2, 0.25) is 0 Å². The van der Waals surface area contributed by atoms with E-state index in [4.69, 9.17) is 21.1 Å². The first-order valence-corrected chi connectivity index (χ1v) is 8.38. The van der Waals surface area contributed by atoms with Gasteiger partial charge < -0.3 is 19.6 Å². The number of nitrogens with one attached hydrogen (secondary N) is 1. The van der Waals surface area contributed by atoms with E-state index >= 15 is 0 Å². The molecule has 0 fully saturated rings. The Morgan fingerprint density at radius 2 is 2.28 bits per heavy atom. The van der Waals surface area contributed by atoms with E-state index in [-0.39, 0.29) is 0 Å². The van der Waals surface area contributed by atoms with E-state index in [9.17, 15) is 9.90 Å². The molecule has 25 heavy (non-hydrogen) atoms. The number of carbonyl (C=O) groups is 1. The Kier molecular flexibility index (Phi) is 5.15. The van der Waals surface area contributed by atoms with E-state index in [0.29, 0.717) is 42.6 Å². The van der Waals surface area contributed by atoms with Gasteiger partial charge in [0.15, 0.2) is 11.5 Å². The van der Waals surface area contributed by atoms with Gasteiger partial charge in [0.25, 0.3) is 0 Å². The molecular formula is C17H20ClN3O4. The van der Waals surface area contributed by atoms with Crippen molar-refractivity contribution in [2.24, 2.45) is 0 Å². The summed E-state index contributed by atoms with van der Waals surface area (Å²) in [5.74, 6) is 0.277. The van der Waals surface area contributed by atoms with Crippen LogP contribution in [0.4, 0.5) is 0 Å². The Morgan fingerprint density at radius 3 is 2.96 bits per heavy atom. The number of carboxylic acids is 1. The van der Waals surface area contributed by atoms with E-state index in [0.717, 1.165) is 17.0 Å². The molecule has 2 N–H and O–H groups in total. The number of rotatable bonds is 6. The van der Waals surface area contributed by atoms with Gasteiger partial charge in [-0.25, -0.2) is 4.98 Å². The SMILES string of the molecule is CCOc1cc(CN2Cc3[nH]cnc3C[C@H]2C(=O)O)c(Cl)cc1OC. The number of aromatic amines is 1. The highest BCUT2D eigenvalue weighted by atomic mass is 35.5. The van der Waals surface area contributed by atoms with Gasteiger partial charge >= 0.3 is 5.97 Å². The van der Waals surface area contributed by atoms with E-state index in [1.54, 1.807) is 19.5 Å². The molecule has 1 aromatic carbocycles. The topological polar surface area (TPSA) is 87.7 Å². The van der Waals surface area contributed by atoms with Crippen LogP contribution >= 0.6 is 11.6 Å². The summed E-state index contributed by atoms with van der Waals surface area (Å²) >= 11 is 6.38. The van der Waals surface area contributed by atoms with Gasteiger partial charge in [-0.3, -0.25) is 9.69 Å². The van der Waals surface area contributed by atoms with Crippen molar-refractivity contribution in [2.45, 2.75) is 32.5 Å². The number of fused-ring (bicyclic) bond motifs is 1. The number of methoxy groups -OCH3 is 1. The van der Waals surface area contributed by atoms with E-state index in [2.05, 4.69) is 9.97 Å². The Labute approximate surface area is 150 Å². The van der Waals surface area contributed by atoms with E-state index < -0.39 is 12.0 Å². The Balaban J connectivity index is 1.90. The lowest BCUT2D eigenvalue weighted by molar-refractivity contribution is -0.144. The largest absolute Gasteiger partial charge is 0.493 e. The number of carboxylic acid groups (broad SMARTS) is 1. The van der Waals surface area contributed by atoms with Gasteiger partial charge in [-0.1, -0.05) is 11.6 Å². The normalized spacial score (nSPS) is 17.2. The minimum Gasteiger partial charge on any atom is -0.493 e. The summed E-state index contributed by atoms with van der Waals surface area (Å²) in [7, 11) is 1.55. The molecule has 1 aromatic heterocycles. The summed E-state index contributed by atoms with van der Waals surface area (Å²) in [6.45, 7) is 3.24. The molecule has 0 bridgehead atoms. The van der Waals surface area contributed by atoms with Crippen molar-refractivity contribution in [3.05, 3.63) is 40.4 Å². The molecule has 134 valence electrons. The molecule has 3 rings (SSSR count). The van der Waals surface area contributed by atoms with Gasteiger partial charge in [-0.15, -0.1) is 0 Å². The second-order valence-electron chi connectivity index (χ2n) is 5.82. The fourth-order valence-electron chi connectivity index (χ4n) is 3.04. The number of aromatic nitrogens is 2. The molecule has 2 heterocycles. The third-order valence-corrected chi connectivity index (χ3v) is 4.64. The fourth-order valence-corrected chi connectivity index (χ4v) is 3.26. The number of ether oxygens (including phenoxy) is 2. The number of benzene rings is 1. The minimum atomic E-state index is -0.872. The van der Waals surface area contributed by atoms with Crippen LogP contribution in [-0.4, -0.2) is 45.7 Å². The van der Waals surface area contributed by atoms with Crippen molar-refractivity contribution in [3.63, 3.8) is 0 Å². The van der Waals surface area contributed by atoms with Crippen LogP contribution in [0.1, 0.15) is 23.9 Å². The van der Waals surface area contributed by atoms with Crippen LogP contribution in [0, 0.1) is 0 Å². The monoisotopic (exact) mass is 365 g/mol. The van der Waals surface area contributed by atoms with Crippen molar-refractivity contribution in [2.75, 3.05) is 13.7 Å². The van der Waals surface area contributed by atoms with Crippen LogP contribution in [0.2, 0.25) is 5.02 Å². The zero-order valence-electron chi connectivity index (χ0n) is 14.1. The number of nitrogens with zero attached hydrogens (tertiary/aromatic N) is 2. The highest BCUT2D eigenvalue weighted by Crippen LogP contribution is 2.35. The summed E-state index contributed by atoms with van der Waals surface area (Å²) in [5.41, 5.74) is 2.53. The smallest absolute Gasteiger partial charge is 0.321 e. The Bertz CT molecular complexity index is 777. The van der Waals surface area contributed by atoms with Crippen LogP contribution in [-0.2, 0) is 24.3 Å². The summed E-state index contributed by atoms with van der Waals surface area (Å²) < 4.78 is 10.9. The first kappa shape index (κ1) is 17.6. The molecule has 1 atom stereocenters. The predicted octanol–water partition coefficient (Wildman–Crippen LogP) is 2.48. The number of halogens is 1. The molecule has 0 spiro atoms. The maximum atomic E-state index is 11.7. The maximum Gasteiger partial charge on any atom is 0.321 e. The van der Waals surface area contributed by atoms with Crippen molar-refractivity contribution in [1.29, 1.82) is 0 Å². The molecule has 0 saturated heterocycles. The molecular weight excluding hydrogens is 346 g/mol. The van der Waals surface area contributed by atoms with Gasteiger partial charge in [-0.05, 0) is 18.6 Å². The van der Waals surface area contributed by atoms with Crippen molar-refractivity contribution >= 4 is 17.6 Å². The average Bonchev–Trinajstić information content (AvgIpc) is 3.04. The zero-order chi connectivity index (χ0) is 18.0. The number of hydrogen-bond acceptors (Lipinski definition) is 5. The Morgan fingerprint density at radius 1 is 1.48 bits per heavy atom. The highest BCUT2D eigenvalue weighted by Gasteiger charge is 2.33. The lowest BCUT2D eigenvalue weighted by Gasteiger charge is -2.32. The summed E-state index contributed by atoms with van der Waals surface area (Å²) in [4.78, 5) is 20.8. The molecule has 0 unspecified atom stereocenters. The van der Waals surface area contributed by atoms with Crippen LogP contribution in [0.15, 0.2) is 18.5 Å². The number of hydrogen-bond donors (Lipinski definition) is 2. The minimum absolute atomic E-state index is 0.361. The summed E-state index contributed by atoms with van der Waals surface area (Å²) in [6.07, 6.45) is 1.96. The Hall–Kier alpha value is -2.25. The second kappa shape index (κ2) is 7.33. The molecule has 0 radical (unpaired) electrons. The van der Waals surface area contributed by atoms with Crippen molar-refractivity contribution in [1.82, 2.24) is 14.9 Å². The second-order valence-corrected chi connectivity index (χ2v) is 6.23. The van der Waals surface area contributed by atoms with Crippen LogP contribution in [0.5, 0.6) is 11.5 Å². The molecule has 0 amide bonds. The third-order valence-electron chi connectivity index (χ3n) is 4.29. The summed E-state index contributed by atoms with van der Waals surface area (Å²) in [5, 5.41) is 10.1. The maximum absolute atomic E-state index is 11.7. The van der Waals surface area contributed by atoms with Crippen LogP contribution in [0.25, 0.3) is 0 Å². The molecule has 2 aromatic rings. The highest BCUT2D eigenvalue weighted by molar-refractivity contribution is 6.31. The van der Waals surface area contributed by atoms with Gasteiger partial charge in [0.05, 0.1) is 31.4 Å². The first-order valence-electron chi connectivity index (χ1n) is 8.00. The molecule has 1 aliphatic rings.